The average molecular weight is 156 g/mol. The maximum atomic E-state index is 3.57. The van der Waals surface area contributed by atoms with E-state index >= 15 is 0 Å². The molecule has 0 amide bonds. The molecule has 0 spiro atoms. The Kier molecular flexibility index (Phi) is 3.34. The Balaban J connectivity index is 1.94. The molecular formula is C9H20N2. The maximum Gasteiger partial charge on any atom is 0.0153 e. The van der Waals surface area contributed by atoms with E-state index in [2.05, 4.69) is 24.5 Å². The molecule has 2 N–H and O–H groups in total. The van der Waals surface area contributed by atoms with Crippen molar-refractivity contribution in [1.82, 2.24) is 10.6 Å². The van der Waals surface area contributed by atoms with E-state index in [1.807, 2.05) is 0 Å². The Morgan fingerprint density at radius 3 is 2.45 bits per heavy atom. The third-order valence-corrected chi connectivity index (χ3v) is 2.56. The van der Waals surface area contributed by atoms with Gasteiger partial charge in [0.25, 0.3) is 0 Å². The highest BCUT2D eigenvalue weighted by Crippen LogP contribution is 2.30. The zero-order valence-electron chi connectivity index (χ0n) is 7.74. The summed E-state index contributed by atoms with van der Waals surface area (Å²) in [5.41, 5.74) is 0.482. The van der Waals surface area contributed by atoms with E-state index in [0.29, 0.717) is 5.54 Å². The third kappa shape index (κ3) is 2.80. The summed E-state index contributed by atoms with van der Waals surface area (Å²) in [6.45, 7) is 7.77. The van der Waals surface area contributed by atoms with Crippen molar-refractivity contribution in [2.24, 2.45) is 0 Å². The van der Waals surface area contributed by atoms with E-state index in [0.717, 1.165) is 19.6 Å². The summed E-state index contributed by atoms with van der Waals surface area (Å²) in [6.07, 6.45) is 4.13. The fourth-order valence-corrected chi connectivity index (χ4v) is 1.51. The first-order valence-electron chi connectivity index (χ1n) is 4.72. The van der Waals surface area contributed by atoms with E-state index in [4.69, 9.17) is 0 Å². The van der Waals surface area contributed by atoms with Crippen LogP contribution < -0.4 is 10.6 Å². The number of likely N-dealkylation sites (N-methyl/N-ethyl adjacent to an activating group) is 1. The number of hydrogen-bond acceptors (Lipinski definition) is 2. The molecule has 0 aromatic rings. The lowest BCUT2D eigenvalue weighted by Crippen LogP contribution is -2.50. The van der Waals surface area contributed by atoms with Crippen molar-refractivity contribution in [2.75, 3.05) is 19.6 Å². The van der Waals surface area contributed by atoms with Crippen LogP contribution in [0, 0.1) is 0 Å². The predicted octanol–water partition coefficient (Wildman–Crippen LogP) is 1.13. The SMILES string of the molecule is CCNCCNC1(C)CCC1. The van der Waals surface area contributed by atoms with Crippen molar-refractivity contribution in [2.45, 2.75) is 38.6 Å². The quantitative estimate of drug-likeness (QED) is 0.583. The van der Waals surface area contributed by atoms with Crippen LogP contribution in [0.25, 0.3) is 0 Å². The van der Waals surface area contributed by atoms with Crippen molar-refractivity contribution < 1.29 is 0 Å². The van der Waals surface area contributed by atoms with E-state index in [1.165, 1.54) is 19.3 Å². The van der Waals surface area contributed by atoms with Gasteiger partial charge in [-0.25, -0.2) is 0 Å². The minimum atomic E-state index is 0.482. The molecule has 0 unspecified atom stereocenters. The lowest BCUT2D eigenvalue weighted by Gasteiger charge is -2.39. The Morgan fingerprint density at radius 2 is 2.00 bits per heavy atom. The lowest BCUT2D eigenvalue weighted by atomic mass is 9.78. The van der Waals surface area contributed by atoms with Gasteiger partial charge in [0, 0.05) is 18.6 Å². The monoisotopic (exact) mass is 156 g/mol. The molecule has 1 aliphatic carbocycles. The molecule has 0 saturated heterocycles. The minimum Gasteiger partial charge on any atom is -0.316 e. The van der Waals surface area contributed by atoms with Crippen LogP contribution in [0.2, 0.25) is 0 Å². The van der Waals surface area contributed by atoms with Gasteiger partial charge in [0.15, 0.2) is 0 Å². The highest BCUT2D eigenvalue weighted by atomic mass is 15.0. The van der Waals surface area contributed by atoms with Crippen molar-refractivity contribution in [3.05, 3.63) is 0 Å². The van der Waals surface area contributed by atoms with Gasteiger partial charge in [-0.3, -0.25) is 0 Å². The summed E-state index contributed by atoms with van der Waals surface area (Å²) in [7, 11) is 0. The summed E-state index contributed by atoms with van der Waals surface area (Å²) in [4.78, 5) is 0. The van der Waals surface area contributed by atoms with Crippen molar-refractivity contribution in [1.29, 1.82) is 0 Å². The van der Waals surface area contributed by atoms with Gasteiger partial charge in [-0.15, -0.1) is 0 Å². The first-order valence-corrected chi connectivity index (χ1v) is 4.72. The van der Waals surface area contributed by atoms with E-state index in [1.54, 1.807) is 0 Å². The molecule has 1 aliphatic rings. The van der Waals surface area contributed by atoms with E-state index in [9.17, 15) is 0 Å². The summed E-state index contributed by atoms with van der Waals surface area (Å²) < 4.78 is 0. The van der Waals surface area contributed by atoms with Crippen molar-refractivity contribution in [3.63, 3.8) is 0 Å². The highest BCUT2D eigenvalue weighted by molar-refractivity contribution is 4.91. The van der Waals surface area contributed by atoms with Gasteiger partial charge in [0.05, 0.1) is 0 Å². The van der Waals surface area contributed by atoms with Crippen LogP contribution in [-0.4, -0.2) is 25.2 Å². The van der Waals surface area contributed by atoms with Gasteiger partial charge in [-0.05, 0) is 32.7 Å². The van der Waals surface area contributed by atoms with Gasteiger partial charge in [-0.1, -0.05) is 6.92 Å². The first kappa shape index (κ1) is 9.01. The Labute approximate surface area is 69.8 Å². The van der Waals surface area contributed by atoms with Crippen molar-refractivity contribution in [3.8, 4) is 0 Å². The summed E-state index contributed by atoms with van der Waals surface area (Å²) in [5, 5.41) is 6.87. The van der Waals surface area contributed by atoms with Crippen LogP contribution in [0.15, 0.2) is 0 Å². The summed E-state index contributed by atoms with van der Waals surface area (Å²) >= 11 is 0. The smallest absolute Gasteiger partial charge is 0.0153 e. The molecular weight excluding hydrogens is 136 g/mol. The summed E-state index contributed by atoms with van der Waals surface area (Å²) in [6, 6.07) is 0. The molecule has 0 aliphatic heterocycles. The van der Waals surface area contributed by atoms with Gasteiger partial charge >= 0.3 is 0 Å². The zero-order chi connectivity index (χ0) is 8.16. The fourth-order valence-electron chi connectivity index (χ4n) is 1.51. The Bertz CT molecular complexity index is 108. The molecule has 0 radical (unpaired) electrons. The standard InChI is InChI=1S/C9H20N2/c1-3-10-7-8-11-9(2)5-4-6-9/h10-11H,3-8H2,1-2H3. The largest absolute Gasteiger partial charge is 0.316 e. The molecule has 0 bridgehead atoms. The molecule has 0 aromatic carbocycles. The predicted molar refractivity (Wildman–Crippen MR) is 48.8 cm³/mol. The number of nitrogens with one attached hydrogen (secondary N) is 2. The minimum absolute atomic E-state index is 0.482. The van der Waals surface area contributed by atoms with Crippen LogP contribution in [0.1, 0.15) is 33.1 Å². The highest BCUT2D eigenvalue weighted by Gasteiger charge is 2.30. The molecule has 1 saturated carbocycles. The van der Waals surface area contributed by atoms with Crippen LogP contribution in [-0.2, 0) is 0 Å². The van der Waals surface area contributed by atoms with Gasteiger partial charge in [-0.2, -0.15) is 0 Å². The second kappa shape index (κ2) is 4.07. The van der Waals surface area contributed by atoms with Crippen LogP contribution in [0.4, 0.5) is 0 Å². The van der Waals surface area contributed by atoms with Gasteiger partial charge in [0.1, 0.15) is 0 Å². The van der Waals surface area contributed by atoms with Gasteiger partial charge in [0.2, 0.25) is 0 Å². The normalized spacial score (nSPS) is 21.3. The molecule has 2 heteroatoms. The molecule has 0 aromatic heterocycles. The second-order valence-electron chi connectivity index (χ2n) is 3.69. The fraction of sp³-hybridized carbons (Fsp3) is 1.00. The molecule has 0 atom stereocenters. The zero-order valence-corrected chi connectivity index (χ0v) is 7.74. The second-order valence-corrected chi connectivity index (χ2v) is 3.69. The molecule has 2 nitrogen and oxygen atoms in total. The molecule has 0 heterocycles. The Morgan fingerprint density at radius 1 is 1.27 bits per heavy atom. The molecule has 66 valence electrons. The van der Waals surface area contributed by atoms with Crippen LogP contribution in [0.5, 0.6) is 0 Å². The first-order chi connectivity index (χ1) is 5.27. The lowest BCUT2D eigenvalue weighted by molar-refractivity contribution is 0.210. The Hall–Kier alpha value is -0.0800. The number of hydrogen-bond donors (Lipinski definition) is 2. The summed E-state index contributed by atoms with van der Waals surface area (Å²) in [5.74, 6) is 0. The molecule has 1 fully saturated rings. The molecule has 1 rings (SSSR count). The van der Waals surface area contributed by atoms with E-state index in [-0.39, 0.29) is 0 Å². The van der Waals surface area contributed by atoms with Crippen molar-refractivity contribution >= 4 is 0 Å². The van der Waals surface area contributed by atoms with Crippen LogP contribution in [0.3, 0.4) is 0 Å². The number of rotatable bonds is 5. The van der Waals surface area contributed by atoms with Gasteiger partial charge < -0.3 is 10.6 Å². The van der Waals surface area contributed by atoms with Crippen LogP contribution >= 0.6 is 0 Å². The van der Waals surface area contributed by atoms with E-state index < -0.39 is 0 Å². The maximum absolute atomic E-state index is 3.57. The molecule has 11 heavy (non-hydrogen) atoms. The average Bonchev–Trinajstić information content (AvgIpc) is 1.95. The third-order valence-electron chi connectivity index (χ3n) is 2.56. The topological polar surface area (TPSA) is 24.1 Å².